The van der Waals surface area contributed by atoms with Crippen molar-refractivity contribution in [2.75, 3.05) is 6.54 Å². The first-order valence-corrected chi connectivity index (χ1v) is 7.47. The van der Waals surface area contributed by atoms with Gasteiger partial charge in [-0.1, -0.05) is 30.3 Å². The minimum Gasteiger partial charge on any atom is -0.347 e. The number of benzene rings is 1. The number of nitrogens with one attached hydrogen (secondary N) is 2. The molecular weight excluding hydrogens is 292 g/mol. The van der Waals surface area contributed by atoms with Crippen LogP contribution in [-0.4, -0.2) is 42.7 Å². The molecule has 0 saturated heterocycles. The van der Waals surface area contributed by atoms with Crippen molar-refractivity contribution in [2.45, 2.75) is 19.4 Å². The highest BCUT2D eigenvalue weighted by Gasteiger charge is 2.33. The van der Waals surface area contributed by atoms with E-state index in [2.05, 4.69) is 37.5 Å². The predicted octanol–water partition coefficient (Wildman–Crippen LogP) is 1.62. The summed E-state index contributed by atoms with van der Waals surface area (Å²) < 4.78 is 0. The van der Waals surface area contributed by atoms with Gasteiger partial charge in [-0.15, -0.1) is 0 Å². The van der Waals surface area contributed by atoms with Crippen molar-refractivity contribution >= 4 is 5.91 Å². The molecule has 3 heterocycles. The number of aryl methyl sites for hydroxylation is 1. The molecule has 0 radical (unpaired) electrons. The molecule has 2 N–H and O–H groups in total. The Morgan fingerprint density at radius 3 is 2.83 bits per heavy atom. The van der Waals surface area contributed by atoms with Crippen molar-refractivity contribution in [3.8, 4) is 0 Å². The molecule has 23 heavy (non-hydrogen) atoms. The van der Waals surface area contributed by atoms with Gasteiger partial charge in [0.05, 0.1) is 30.0 Å². The molecule has 7 heteroatoms. The molecule has 1 unspecified atom stereocenters. The summed E-state index contributed by atoms with van der Waals surface area (Å²) in [6.45, 7) is 2.85. The van der Waals surface area contributed by atoms with E-state index in [0.717, 1.165) is 17.0 Å². The molecule has 1 aliphatic heterocycles. The number of hydrogen-bond acceptors (Lipinski definition) is 4. The van der Waals surface area contributed by atoms with Crippen LogP contribution in [0.5, 0.6) is 0 Å². The third-order valence-electron chi connectivity index (χ3n) is 4.25. The maximum Gasteiger partial charge on any atom is 0.276 e. The number of amides is 1. The molecule has 3 aromatic rings. The summed E-state index contributed by atoms with van der Waals surface area (Å²) >= 11 is 0. The normalized spacial score (nSPS) is 17.1. The molecule has 0 bridgehead atoms. The van der Waals surface area contributed by atoms with Crippen molar-refractivity contribution in [2.24, 2.45) is 0 Å². The lowest BCUT2D eigenvalue weighted by Gasteiger charge is -2.32. The summed E-state index contributed by atoms with van der Waals surface area (Å²) in [7, 11) is 0. The number of carbonyl (C=O) groups is 1. The summed E-state index contributed by atoms with van der Waals surface area (Å²) in [6, 6.07) is 10.1. The van der Waals surface area contributed by atoms with E-state index < -0.39 is 0 Å². The molecule has 1 aliphatic rings. The standard InChI is InChI=1S/C16H16N6O/c1-10-14(20-21-19-10)16(23)22-7-12(11-5-3-2-4-6-11)15-13(8-22)17-9-18-15/h2-6,9,12H,7-8H2,1H3,(H,17,18)(H,19,20,21). The van der Waals surface area contributed by atoms with Crippen LogP contribution in [-0.2, 0) is 6.54 Å². The van der Waals surface area contributed by atoms with Crippen molar-refractivity contribution in [1.29, 1.82) is 0 Å². The summed E-state index contributed by atoms with van der Waals surface area (Å²) in [5, 5.41) is 10.4. The molecular formula is C16H16N6O. The average Bonchev–Trinajstić information content (AvgIpc) is 3.22. The lowest BCUT2D eigenvalue weighted by molar-refractivity contribution is 0.0715. The van der Waals surface area contributed by atoms with Crippen molar-refractivity contribution in [3.05, 3.63) is 65.0 Å². The molecule has 1 amide bonds. The van der Waals surface area contributed by atoms with Crippen molar-refractivity contribution < 1.29 is 4.79 Å². The Balaban J connectivity index is 1.70. The number of hydrogen-bond donors (Lipinski definition) is 2. The van der Waals surface area contributed by atoms with E-state index in [0.29, 0.717) is 24.5 Å². The number of rotatable bonds is 2. The van der Waals surface area contributed by atoms with Crippen LogP contribution in [0.25, 0.3) is 0 Å². The van der Waals surface area contributed by atoms with Crippen LogP contribution in [0, 0.1) is 6.92 Å². The SMILES string of the molecule is Cc1n[nH]nc1C(=O)N1Cc2[nH]cnc2C(c2ccccc2)C1. The first-order chi connectivity index (χ1) is 11.2. The highest BCUT2D eigenvalue weighted by molar-refractivity contribution is 5.93. The van der Waals surface area contributed by atoms with Gasteiger partial charge in [-0.25, -0.2) is 4.98 Å². The van der Waals surface area contributed by atoms with Crippen LogP contribution in [0.4, 0.5) is 0 Å². The van der Waals surface area contributed by atoms with Crippen LogP contribution in [0.2, 0.25) is 0 Å². The van der Waals surface area contributed by atoms with Gasteiger partial charge in [0.1, 0.15) is 0 Å². The van der Waals surface area contributed by atoms with E-state index in [1.165, 1.54) is 0 Å². The highest BCUT2D eigenvalue weighted by atomic mass is 16.2. The third kappa shape index (κ3) is 2.30. The molecule has 116 valence electrons. The smallest absolute Gasteiger partial charge is 0.276 e. The number of nitrogens with zero attached hydrogens (tertiary/aromatic N) is 4. The van der Waals surface area contributed by atoms with E-state index in [-0.39, 0.29) is 11.8 Å². The highest BCUT2D eigenvalue weighted by Crippen LogP contribution is 2.31. The second-order valence-corrected chi connectivity index (χ2v) is 5.67. The monoisotopic (exact) mass is 308 g/mol. The molecule has 0 saturated carbocycles. The molecule has 1 aromatic carbocycles. The zero-order valence-corrected chi connectivity index (χ0v) is 12.7. The number of carbonyl (C=O) groups excluding carboxylic acids is 1. The van der Waals surface area contributed by atoms with E-state index in [4.69, 9.17) is 0 Å². The van der Waals surface area contributed by atoms with Gasteiger partial charge in [-0.2, -0.15) is 15.4 Å². The van der Waals surface area contributed by atoms with E-state index in [1.807, 2.05) is 18.2 Å². The number of fused-ring (bicyclic) bond motifs is 1. The topological polar surface area (TPSA) is 90.6 Å². The number of aromatic amines is 2. The Bertz CT molecular complexity index is 837. The maximum absolute atomic E-state index is 12.8. The Labute approximate surface area is 132 Å². The van der Waals surface area contributed by atoms with Gasteiger partial charge in [0.2, 0.25) is 0 Å². The minimum atomic E-state index is -0.113. The Hall–Kier alpha value is -2.96. The summed E-state index contributed by atoms with van der Waals surface area (Å²) in [4.78, 5) is 22.2. The van der Waals surface area contributed by atoms with E-state index >= 15 is 0 Å². The molecule has 1 atom stereocenters. The molecule has 2 aromatic heterocycles. The van der Waals surface area contributed by atoms with Crippen molar-refractivity contribution in [1.82, 2.24) is 30.3 Å². The zero-order valence-electron chi connectivity index (χ0n) is 12.7. The molecule has 0 spiro atoms. The second kappa shape index (κ2) is 5.35. The summed E-state index contributed by atoms with van der Waals surface area (Å²) in [5.74, 6) is -0.0558. The van der Waals surface area contributed by atoms with Crippen LogP contribution >= 0.6 is 0 Å². The van der Waals surface area contributed by atoms with Gasteiger partial charge in [0.25, 0.3) is 5.91 Å². The summed E-state index contributed by atoms with van der Waals surface area (Å²) in [6.07, 6.45) is 1.69. The molecule has 0 fully saturated rings. The van der Waals surface area contributed by atoms with Gasteiger partial charge in [-0.3, -0.25) is 4.79 Å². The maximum atomic E-state index is 12.8. The largest absolute Gasteiger partial charge is 0.347 e. The quantitative estimate of drug-likeness (QED) is 0.752. The molecule has 0 aliphatic carbocycles. The predicted molar refractivity (Wildman–Crippen MR) is 82.7 cm³/mol. The minimum absolute atomic E-state index is 0.0577. The van der Waals surface area contributed by atoms with Crippen LogP contribution < -0.4 is 0 Å². The first-order valence-electron chi connectivity index (χ1n) is 7.47. The van der Waals surface area contributed by atoms with Crippen LogP contribution in [0.1, 0.15) is 39.1 Å². The van der Waals surface area contributed by atoms with Crippen LogP contribution in [0.3, 0.4) is 0 Å². The fraction of sp³-hybridized carbons (Fsp3) is 0.250. The number of imidazole rings is 1. The molecule has 4 rings (SSSR count). The van der Waals surface area contributed by atoms with Crippen LogP contribution in [0.15, 0.2) is 36.7 Å². The lowest BCUT2D eigenvalue weighted by Crippen LogP contribution is -2.39. The molecule has 7 nitrogen and oxygen atoms in total. The first kappa shape index (κ1) is 13.7. The van der Waals surface area contributed by atoms with E-state index in [9.17, 15) is 4.79 Å². The van der Waals surface area contributed by atoms with Gasteiger partial charge >= 0.3 is 0 Å². The number of aromatic nitrogens is 5. The van der Waals surface area contributed by atoms with Crippen molar-refractivity contribution in [3.63, 3.8) is 0 Å². The summed E-state index contributed by atoms with van der Waals surface area (Å²) in [5.41, 5.74) is 4.12. The third-order valence-corrected chi connectivity index (χ3v) is 4.25. The average molecular weight is 308 g/mol. The van der Waals surface area contributed by atoms with Gasteiger partial charge in [-0.05, 0) is 12.5 Å². The Morgan fingerprint density at radius 2 is 2.09 bits per heavy atom. The van der Waals surface area contributed by atoms with Gasteiger partial charge in [0, 0.05) is 12.5 Å². The van der Waals surface area contributed by atoms with Gasteiger partial charge in [0.15, 0.2) is 5.69 Å². The lowest BCUT2D eigenvalue weighted by atomic mass is 9.91. The van der Waals surface area contributed by atoms with E-state index in [1.54, 1.807) is 18.2 Å². The fourth-order valence-electron chi connectivity index (χ4n) is 3.06. The second-order valence-electron chi connectivity index (χ2n) is 5.67. The number of H-pyrrole nitrogens is 2. The Kier molecular flexibility index (Phi) is 3.18. The van der Waals surface area contributed by atoms with Gasteiger partial charge < -0.3 is 9.88 Å². The zero-order chi connectivity index (χ0) is 15.8. The Morgan fingerprint density at radius 1 is 1.26 bits per heavy atom. The fourth-order valence-corrected chi connectivity index (χ4v) is 3.06.